The Morgan fingerprint density at radius 3 is 1.17 bits per heavy atom. The Balaban J connectivity index is 0.000000170. The molecule has 0 radical (unpaired) electrons. The molecule has 11 heterocycles. The molecule has 11 aromatic heterocycles. The molecule has 13 N–H and O–H groups in total. The van der Waals surface area contributed by atoms with Crippen LogP contribution in [0, 0.1) is 0 Å². The maximum atomic E-state index is 12.3. The molecule has 0 aliphatic rings. The summed E-state index contributed by atoms with van der Waals surface area (Å²) in [5.74, 6) is 3.73. The van der Waals surface area contributed by atoms with Crippen molar-refractivity contribution in [1.82, 2.24) is 69.7 Å². The number of nitrogens with two attached hydrogens (primary N) is 6. The van der Waals surface area contributed by atoms with Gasteiger partial charge in [0.05, 0.1) is 110 Å². The summed E-state index contributed by atoms with van der Waals surface area (Å²) in [7, 11) is 9.80. The molecule has 0 aliphatic carbocycles. The van der Waals surface area contributed by atoms with E-state index in [9.17, 15) is 19.5 Å². The van der Waals surface area contributed by atoms with E-state index in [1.807, 2.05) is 26.2 Å². The van der Waals surface area contributed by atoms with E-state index in [1.165, 1.54) is 72.2 Å². The van der Waals surface area contributed by atoms with Gasteiger partial charge in [-0.15, -0.1) is 0 Å². The molecule has 11 aromatic rings. The average Bonchev–Trinajstić information content (AvgIpc) is 0.858. The van der Waals surface area contributed by atoms with Crippen LogP contribution in [0.25, 0.3) is 67.5 Å². The van der Waals surface area contributed by atoms with Gasteiger partial charge in [0.2, 0.25) is 11.9 Å². The van der Waals surface area contributed by atoms with E-state index < -0.39 is 0 Å². The number of ketones is 3. The van der Waals surface area contributed by atoms with Crippen molar-refractivity contribution in [2.45, 2.75) is 13.8 Å². The minimum absolute atomic E-state index is 0.0129. The van der Waals surface area contributed by atoms with Crippen LogP contribution in [0.15, 0.2) is 176 Å². The van der Waals surface area contributed by atoms with E-state index in [1.54, 1.807) is 134 Å². The second kappa shape index (κ2) is 33.4. The van der Waals surface area contributed by atoms with Gasteiger partial charge < -0.3 is 63.4 Å². The standard InChI is InChI=1S/C16H18N4O2.C15H14N6O.C14H12N6O.C13H13N3O2.C8H8BrNO2/c1-20(2)7-5-14(21)12-9-13(19-10-15(12)22-3)11-4-6-18-16(17)8-11;1-22-13-8-20-12(9-2-4-18-14(16)6-9)7-10(13)11-3-5-19-15(17)21-11;15-13-5-8(1-3-17-13)11-6-9(12(21)7-19-11)10-2-4-18-14(16)20-10;1-8(17)10-6-11(16-7-12(10)18-2)9-3-4-15-13(14)5-9;1-5(11)6-3-8(9)10-4-7(6)12-2/h4-10H,1-3H3,(H2,17,18);2-8H,1H3,(H2,16,18)(H2,17,19,21);1-7,21H,(H2,15,17)(H2,16,18,20);3-7H,1-2H3,(H2,14,15);3-4H,1-2H3/b7-5+;;;;. The monoisotopic (exact) mass is 1340 g/mol. The number of nitrogens with zero attached hydrogens (tertiary/aromatic N) is 14. The van der Waals surface area contributed by atoms with Crippen molar-refractivity contribution in [1.29, 1.82) is 0 Å². The first-order chi connectivity index (χ1) is 45.6. The third kappa shape index (κ3) is 19.7. The fourth-order valence-electron chi connectivity index (χ4n) is 8.41. The number of anilines is 6. The Morgan fingerprint density at radius 1 is 0.421 bits per heavy atom. The van der Waals surface area contributed by atoms with Gasteiger partial charge in [0.25, 0.3) is 0 Å². The highest BCUT2D eigenvalue weighted by molar-refractivity contribution is 9.10. The topological polar surface area (TPSA) is 435 Å². The molecule has 28 nitrogen and oxygen atoms in total. The van der Waals surface area contributed by atoms with Gasteiger partial charge in [-0.1, -0.05) is 0 Å². The first-order valence-electron chi connectivity index (χ1n) is 28.0. The molecule has 0 bridgehead atoms. The number of rotatable bonds is 15. The number of hydrogen-bond acceptors (Lipinski definition) is 28. The number of carbonyl (C=O) groups excluding carboxylic acids is 3. The molecule has 0 saturated heterocycles. The minimum atomic E-state index is -0.156. The second-order valence-electron chi connectivity index (χ2n) is 19.8. The van der Waals surface area contributed by atoms with E-state index >= 15 is 0 Å². The predicted octanol–water partition coefficient (Wildman–Crippen LogP) is 9.23. The molecule has 29 heteroatoms. The molecule has 0 aromatic carbocycles. The van der Waals surface area contributed by atoms with Crippen LogP contribution in [0.3, 0.4) is 0 Å². The number of halogens is 1. The summed E-state index contributed by atoms with van der Waals surface area (Å²) in [4.78, 5) is 89.6. The molecular weight excluding hydrogens is 1280 g/mol. The van der Waals surface area contributed by atoms with Crippen molar-refractivity contribution in [2.75, 3.05) is 76.9 Å². The lowest BCUT2D eigenvalue weighted by Crippen LogP contribution is -2.05. The number of carbonyl (C=O) groups is 3. The molecular formula is C66H65BrN20O8. The average molecular weight is 1350 g/mol. The zero-order valence-corrected chi connectivity index (χ0v) is 54.2. The van der Waals surface area contributed by atoms with Crippen molar-refractivity contribution >= 4 is 68.4 Å². The highest BCUT2D eigenvalue weighted by Gasteiger charge is 2.17. The Kier molecular flexibility index (Phi) is 24.6. The van der Waals surface area contributed by atoms with E-state index in [0.29, 0.717) is 102 Å². The number of aromatic hydroxyl groups is 1. The third-order valence-electron chi connectivity index (χ3n) is 13.0. The Labute approximate surface area is 553 Å². The molecule has 0 atom stereocenters. The summed E-state index contributed by atoms with van der Waals surface area (Å²) in [5, 5.41) is 9.98. The van der Waals surface area contributed by atoms with E-state index in [4.69, 9.17) is 53.3 Å². The highest BCUT2D eigenvalue weighted by atomic mass is 79.9. The van der Waals surface area contributed by atoms with Crippen molar-refractivity contribution in [2.24, 2.45) is 0 Å². The summed E-state index contributed by atoms with van der Waals surface area (Å²) in [6.07, 6.45) is 20.3. The number of hydrogen-bond donors (Lipinski definition) is 7. The molecule has 0 spiro atoms. The molecule has 0 unspecified atom stereocenters. The zero-order chi connectivity index (χ0) is 68.7. The number of aromatic nitrogens is 13. The van der Waals surface area contributed by atoms with Gasteiger partial charge in [0.15, 0.2) is 17.3 Å². The minimum Gasteiger partial charge on any atom is -0.506 e. The molecule has 95 heavy (non-hydrogen) atoms. The molecule has 484 valence electrons. The number of pyridine rings is 9. The lowest BCUT2D eigenvalue weighted by Gasteiger charge is -2.10. The fraction of sp³-hybridized carbons (Fsp3) is 0.121. The maximum absolute atomic E-state index is 12.3. The SMILES string of the molecule is COc1cnc(-c2ccnc(N)c2)cc1-c1ccnc(N)n1.COc1cnc(-c2ccnc(N)c2)cc1C(=O)/C=C/N(C)C.COc1cnc(-c2ccnc(N)c2)cc1C(C)=O.COc1cnc(Br)cc1C(C)=O.Nc1cc(-c2cc(-c3ccnc(N)n3)c(O)cn2)ccn1. The number of Topliss-reactive ketones (excluding diaryl/α,β-unsaturated/α-hetero) is 2. The van der Waals surface area contributed by atoms with E-state index in [2.05, 4.69) is 80.7 Å². The Morgan fingerprint density at radius 2 is 0.768 bits per heavy atom. The van der Waals surface area contributed by atoms with Gasteiger partial charge in [-0.25, -0.2) is 44.9 Å². The van der Waals surface area contributed by atoms with Crippen LogP contribution in [0.4, 0.5) is 35.2 Å². The maximum Gasteiger partial charge on any atom is 0.220 e. The largest absolute Gasteiger partial charge is 0.506 e. The Bertz CT molecular complexity index is 4540. The normalized spacial score (nSPS) is 10.3. The third-order valence-corrected chi connectivity index (χ3v) is 13.4. The molecule has 0 fully saturated rings. The van der Waals surface area contributed by atoms with Crippen LogP contribution in [-0.4, -0.2) is 135 Å². The first kappa shape index (κ1) is 69.8. The van der Waals surface area contributed by atoms with Crippen LogP contribution in [0.5, 0.6) is 28.7 Å². The number of methoxy groups -OCH3 is 4. The number of ether oxygens (including phenoxy) is 4. The van der Waals surface area contributed by atoms with Crippen LogP contribution < -0.4 is 53.3 Å². The summed E-state index contributed by atoms with van der Waals surface area (Å²) in [6, 6.07) is 26.1. The zero-order valence-electron chi connectivity index (χ0n) is 52.6. The van der Waals surface area contributed by atoms with Gasteiger partial charge in [0, 0.05) is 96.9 Å². The van der Waals surface area contributed by atoms with Gasteiger partial charge in [0.1, 0.15) is 56.6 Å². The van der Waals surface area contributed by atoms with Crippen molar-refractivity contribution in [3.63, 3.8) is 0 Å². The van der Waals surface area contributed by atoms with E-state index in [-0.39, 0.29) is 35.0 Å². The lowest BCUT2D eigenvalue weighted by atomic mass is 10.1. The van der Waals surface area contributed by atoms with Gasteiger partial charge in [-0.3, -0.25) is 34.3 Å². The lowest BCUT2D eigenvalue weighted by molar-refractivity contribution is 0.100. The summed E-state index contributed by atoms with van der Waals surface area (Å²) in [6.45, 7) is 2.98. The molecule has 11 rings (SSSR count). The first-order valence-corrected chi connectivity index (χ1v) is 28.8. The van der Waals surface area contributed by atoms with Crippen LogP contribution >= 0.6 is 15.9 Å². The van der Waals surface area contributed by atoms with Gasteiger partial charge in [-0.05, 0) is 121 Å². The highest BCUT2D eigenvalue weighted by Crippen LogP contribution is 2.34. The van der Waals surface area contributed by atoms with Crippen LogP contribution in [0.2, 0.25) is 0 Å². The number of allylic oxidation sites excluding steroid dienone is 1. The molecule has 0 saturated carbocycles. The van der Waals surface area contributed by atoms with E-state index in [0.717, 1.165) is 33.5 Å². The summed E-state index contributed by atoms with van der Waals surface area (Å²) < 4.78 is 21.3. The quantitative estimate of drug-likeness (QED) is 0.0285. The van der Waals surface area contributed by atoms with Gasteiger partial charge >= 0.3 is 0 Å². The Hall–Kier alpha value is -12.7. The second-order valence-corrected chi connectivity index (χ2v) is 20.6. The molecule has 0 amide bonds. The van der Waals surface area contributed by atoms with Crippen LogP contribution in [-0.2, 0) is 0 Å². The number of nitrogen functional groups attached to an aromatic ring is 6. The summed E-state index contributed by atoms with van der Waals surface area (Å²) >= 11 is 3.17. The predicted molar refractivity (Wildman–Crippen MR) is 365 cm³/mol. The van der Waals surface area contributed by atoms with Crippen molar-refractivity contribution in [3.05, 3.63) is 193 Å². The van der Waals surface area contributed by atoms with Crippen LogP contribution in [0.1, 0.15) is 44.9 Å². The van der Waals surface area contributed by atoms with Crippen molar-refractivity contribution in [3.8, 4) is 96.3 Å². The van der Waals surface area contributed by atoms with Gasteiger partial charge in [-0.2, -0.15) is 0 Å². The molecule has 0 aliphatic heterocycles. The smallest absolute Gasteiger partial charge is 0.220 e. The summed E-state index contributed by atoms with van der Waals surface area (Å²) in [5.41, 5.74) is 43.8. The fourth-order valence-corrected chi connectivity index (χ4v) is 8.74. The van der Waals surface area contributed by atoms with Crippen molar-refractivity contribution < 1.29 is 38.4 Å².